The third kappa shape index (κ3) is 6.01. The quantitative estimate of drug-likeness (QED) is 0.391. The second kappa shape index (κ2) is 10.7. The summed E-state index contributed by atoms with van der Waals surface area (Å²) < 4.78 is 11.1. The van der Waals surface area contributed by atoms with Crippen LogP contribution in [0.2, 0.25) is 0 Å². The van der Waals surface area contributed by atoms with Gasteiger partial charge < -0.3 is 14.4 Å². The van der Waals surface area contributed by atoms with Gasteiger partial charge in [0, 0.05) is 19.2 Å². The standard InChI is InChI=1S/C22H30BNO5/c1-2-3-14-28-21-11-7-10-19(21)24-15-18(20(25)16-24)22(26)29-23(27)13-12-17-8-5-4-6-9-17/h4-6,8-9,12-13,18-19,21,27H,2-3,7,10-11,14-16H2,1H3/b13-12+/t18?,19-,21-/m1/s1. The van der Waals surface area contributed by atoms with Crippen molar-refractivity contribution in [2.24, 2.45) is 5.92 Å². The number of benzene rings is 1. The molecule has 1 saturated carbocycles. The Balaban J connectivity index is 1.51. The lowest BCUT2D eigenvalue weighted by Gasteiger charge is -2.28. The molecule has 6 nitrogen and oxygen atoms in total. The van der Waals surface area contributed by atoms with Gasteiger partial charge in [0.25, 0.3) is 0 Å². The van der Waals surface area contributed by atoms with Crippen LogP contribution in [0.3, 0.4) is 0 Å². The van der Waals surface area contributed by atoms with E-state index in [0.29, 0.717) is 6.54 Å². The van der Waals surface area contributed by atoms with Crippen LogP contribution in [-0.2, 0) is 19.0 Å². The van der Waals surface area contributed by atoms with Gasteiger partial charge in [-0.1, -0.05) is 49.8 Å². The Bertz CT molecular complexity index is 710. The van der Waals surface area contributed by atoms with Crippen molar-refractivity contribution in [3.63, 3.8) is 0 Å². The molecule has 29 heavy (non-hydrogen) atoms. The van der Waals surface area contributed by atoms with E-state index in [9.17, 15) is 14.6 Å². The second-order valence-corrected chi connectivity index (χ2v) is 7.81. The van der Waals surface area contributed by atoms with Crippen LogP contribution in [0.1, 0.15) is 44.6 Å². The molecular formula is C22H30BNO5. The Kier molecular flexibility index (Phi) is 8.04. The Morgan fingerprint density at radius 3 is 2.86 bits per heavy atom. The molecule has 1 saturated heterocycles. The topological polar surface area (TPSA) is 76.1 Å². The first-order chi connectivity index (χ1) is 14.1. The number of carbonyl (C=O) groups excluding carboxylic acids is 2. The Labute approximate surface area is 173 Å². The number of nitrogens with zero attached hydrogens (tertiary/aromatic N) is 1. The number of Topliss-reactive ketones (excluding diaryl/α,β-unsaturated/α-hetero) is 1. The number of carbonyl (C=O) groups is 2. The summed E-state index contributed by atoms with van der Waals surface area (Å²) >= 11 is 0. The van der Waals surface area contributed by atoms with Crippen molar-refractivity contribution < 1.29 is 24.0 Å². The van der Waals surface area contributed by atoms with Gasteiger partial charge in [0.1, 0.15) is 5.92 Å². The molecule has 0 bridgehead atoms. The summed E-state index contributed by atoms with van der Waals surface area (Å²) in [5.41, 5.74) is 0.890. The second-order valence-electron chi connectivity index (χ2n) is 7.81. The van der Waals surface area contributed by atoms with Crippen molar-refractivity contribution in [3.05, 3.63) is 41.9 Å². The molecule has 1 aliphatic heterocycles. The van der Waals surface area contributed by atoms with Gasteiger partial charge in [0.05, 0.1) is 12.6 Å². The van der Waals surface area contributed by atoms with Crippen molar-refractivity contribution in [1.29, 1.82) is 0 Å². The van der Waals surface area contributed by atoms with E-state index >= 15 is 0 Å². The fourth-order valence-corrected chi connectivity index (χ4v) is 4.07. The number of ether oxygens (including phenoxy) is 1. The van der Waals surface area contributed by atoms with E-state index < -0.39 is 19.0 Å². The molecule has 1 aromatic rings. The van der Waals surface area contributed by atoms with Crippen molar-refractivity contribution in [2.45, 2.75) is 51.2 Å². The largest absolute Gasteiger partial charge is 0.554 e. The first kappa shape index (κ1) is 21.7. The fraction of sp³-hybridized carbons (Fsp3) is 0.545. The molecule has 0 amide bonds. The van der Waals surface area contributed by atoms with Crippen LogP contribution in [0.15, 0.2) is 36.3 Å². The molecule has 2 fully saturated rings. The van der Waals surface area contributed by atoms with E-state index in [1.165, 1.54) is 5.98 Å². The highest BCUT2D eigenvalue weighted by Crippen LogP contribution is 2.30. The van der Waals surface area contributed by atoms with Gasteiger partial charge in [-0.15, -0.1) is 0 Å². The van der Waals surface area contributed by atoms with E-state index in [2.05, 4.69) is 11.8 Å². The summed E-state index contributed by atoms with van der Waals surface area (Å²) in [6.07, 6.45) is 6.98. The SMILES string of the molecule is CCCCO[C@@H]1CCC[C@H]1N1CC(=O)C(C(=O)OB(O)/C=C/c2ccccc2)C1. The monoisotopic (exact) mass is 399 g/mol. The van der Waals surface area contributed by atoms with Gasteiger partial charge in [0.2, 0.25) is 0 Å². The molecule has 2 aliphatic rings. The highest BCUT2D eigenvalue weighted by Gasteiger charge is 2.44. The lowest BCUT2D eigenvalue weighted by atomic mass is 9.89. The van der Waals surface area contributed by atoms with Crippen LogP contribution in [0, 0.1) is 5.92 Å². The summed E-state index contributed by atoms with van der Waals surface area (Å²) in [6, 6.07) is 9.60. The third-order valence-electron chi connectivity index (χ3n) is 5.66. The average Bonchev–Trinajstić information content (AvgIpc) is 3.33. The minimum atomic E-state index is -1.37. The predicted molar refractivity (Wildman–Crippen MR) is 112 cm³/mol. The molecule has 3 rings (SSSR count). The summed E-state index contributed by atoms with van der Waals surface area (Å²) in [5.74, 6) is -0.247. The molecule has 1 aromatic carbocycles. The van der Waals surface area contributed by atoms with Gasteiger partial charge >= 0.3 is 13.1 Å². The maximum atomic E-state index is 12.4. The van der Waals surface area contributed by atoms with Crippen LogP contribution >= 0.6 is 0 Å². The molecule has 156 valence electrons. The minimum absolute atomic E-state index is 0.128. The van der Waals surface area contributed by atoms with E-state index in [1.807, 2.05) is 30.3 Å². The lowest BCUT2D eigenvalue weighted by Crippen LogP contribution is -2.41. The van der Waals surface area contributed by atoms with Gasteiger partial charge in [-0.3, -0.25) is 14.5 Å². The first-order valence-corrected chi connectivity index (χ1v) is 10.6. The highest BCUT2D eigenvalue weighted by atomic mass is 16.6. The van der Waals surface area contributed by atoms with Crippen LogP contribution < -0.4 is 0 Å². The number of hydrogen-bond acceptors (Lipinski definition) is 6. The van der Waals surface area contributed by atoms with Crippen LogP contribution in [0.5, 0.6) is 0 Å². The lowest BCUT2D eigenvalue weighted by molar-refractivity contribution is -0.143. The molecule has 3 atom stereocenters. The average molecular weight is 399 g/mol. The zero-order valence-electron chi connectivity index (χ0n) is 17.0. The normalized spacial score (nSPS) is 25.0. The van der Waals surface area contributed by atoms with E-state index in [0.717, 1.165) is 44.3 Å². The molecule has 0 radical (unpaired) electrons. The van der Waals surface area contributed by atoms with Gasteiger partial charge in [-0.25, -0.2) is 0 Å². The molecule has 1 heterocycles. The molecule has 7 heteroatoms. The summed E-state index contributed by atoms with van der Waals surface area (Å²) in [7, 11) is -1.37. The summed E-state index contributed by atoms with van der Waals surface area (Å²) in [5, 5.41) is 9.99. The van der Waals surface area contributed by atoms with E-state index in [1.54, 1.807) is 6.08 Å². The van der Waals surface area contributed by atoms with Crippen molar-refractivity contribution in [2.75, 3.05) is 19.7 Å². The molecule has 1 aliphatic carbocycles. The predicted octanol–water partition coefficient (Wildman–Crippen LogP) is 2.50. The Morgan fingerprint density at radius 2 is 2.10 bits per heavy atom. The smallest absolute Gasteiger partial charge is 0.506 e. The van der Waals surface area contributed by atoms with Gasteiger partial charge in [-0.2, -0.15) is 0 Å². The summed E-state index contributed by atoms with van der Waals surface area (Å²) in [4.78, 5) is 26.9. The fourth-order valence-electron chi connectivity index (χ4n) is 4.07. The summed E-state index contributed by atoms with van der Waals surface area (Å²) in [6.45, 7) is 3.46. The van der Waals surface area contributed by atoms with Crippen molar-refractivity contribution in [1.82, 2.24) is 4.90 Å². The highest BCUT2D eigenvalue weighted by molar-refractivity contribution is 6.52. The van der Waals surface area contributed by atoms with Crippen LogP contribution in [0.4, 0.5) is 0 Å². The third-order valence-corrected chi connectivity index (χ3v) is 5.66. The van der Waals surface area contributed by atoms with Gasteiger partial charge in [-0.05, 0) is 37.2 Å². The van der Waals surface area contributed by atoms with Crippen LogP contribution in [-0.4, -0.2) is 60.6 Å². The maximum absolute atomic E-state index is 12.4. The zero-order valence-corrected chi connectivity index (χ0v) is 17.0. The first-order valence-electron chi connectivity index (χ1n) is 10.6. The zero-order chi connectivity index (χ0) is 20.6. The number of likely N-dealkylation sites (tertiary alicyclic amines) is 1. The van der Waals surface area contributed by atoms with Gasteiger partial charge in [0.15, 0.2) is 5.78 Å². The molecule has 0 spiro atoms. The Morgan fingerprint density at radius 1 is 1.31 bits per heavy atom. The van der Waals surface area contributed by atoms with E-state index in [-0.39, 0.29) is 24.5 Å². The number of hydrogen-bond donors (Lipinski definition) is 1. The molecule has 0 aromatic heterocycles. The van der Waals surface area contributed by atoms with Crippen molar-refractivity contribution in [3.8, 4) is 0 Å². The minimum Gasteiger partial charge on any atom is -0.506 e. The molecule has 1 N–H and O–H groups in total. The maximum Gasteiger partial charge on any atom is 0.554 e. The van der Waals surface area contributed by atoms with E-state index in [4.69, 9.17) is 9.39 Å². The number of unbranched alkanes of at least 4 members (excludes halogenated alkanes) is 1. The molecular weight excluding hydrogens is 369 g/mol. The number of ketones is 1. The van der Waals surface area contributed by atoms with Crippen molar-refractivity contribution >= 4 is 24.9 Å². The molecule has 1 unspecified atom stereocenters. The Hall–Kier alpha value is -1.96. The van der Waals surface area contributed by atoms with Crippen LogP contribution in [0.25, 0.3) is 6.08 Å². The number of rotatable bonds is 9.